The van der Waals surface area contributed by atoms with Crippen molar-refractivity contribution < 1.29 is 17.6 Å². The van der Waals surface area contributed by atoms with Crippen LogP contribution in [0.4, 0.5) is 10.1 Å². The first-order valence-electron chi connectivity index (χ1n) is 9.05. The van der Waals surface area contributed by atoms with Crippen LogP contribution in [-0.4, -0.2) is 20.4 Å². The number of anilines is 1. The van der Waals surface area contributed by atoms with E-state index >= 15 is 0 Å². The monoisotopic (exact) mass is 390 g/mol. The average Bonchev–Trinajstić information content (AvgIpc) is 2.62. The molecule has 1 amide bonds. The van der Waals surface area contributed by atoms with Crippen LogP contribution in [0.5, 0.6) is 0 Å². The number of benzene rings is 2. The highest BCUT2D eigenvalue weighted by Gasteiger charge is 2.19. The summed E-state index contributed by atoms with van der Waals surface area (Å²) in [6, 6.07) is 10.0. The molecule has 144 valence electrons. The van der Waals surface area contributed by atoms with Gasteiger partial charge < -0.3 is 5.32 Å². The number of amides is 1. The molecule has 1 aliphatic rings. The van der Waals surface area contributed by atoms with Crippen LogP contribution in [0, 0.1) is 12.7 Å². The number of rotatable bonds is 5. The number of halogens is 1. The van der Waals surface area contributed by atoms with Crippen molar-refractivity contribution in [3.05, 3.63) is 59.4 Å². The fraction of sp³-hybridized carbons (Fsp3) is 0.350. The largest absolute Gasteiger partial charge is 0.349 e. The highest BCUT2D eigenvalue weighted by Crippen LogP contribution is 2.21. The average molecular weight is 390 g/mol. The second-order valence-corrected chi connectivity index (χ2v) is 8.55. The van der Waals surface area contributed by atoms with Crippen LogP contribution in [0.25, 0.3) is 0 Å². The Labute approximate surface area is 159 Å². The molecular weight excluding hydrogens is 367 g/mol. The lowest BCUT2D eigenvalue weighted by Gasteiger charge is -2.22. The third kappa shape index (κ3) is 4.86. The maximum atomic E-state index is 13.2. The number of carbonyl (C=O) groups is 1. The fourth-order valence-electron chi connectivity index (χ4n) is 3.33. The first-order chi connectivity index (χ1) is 12.8. The van der Waals surface area contributed by atoms with Crippen LogP contribution in [0.1, 0.15) is 48.0 Å². The normalized spacial score (nSPS) is 15.3. The van der Waals surface area contributed by atoms with Crippen molar-refractivity contribution in [1.82, 2.24) is 5.32 Å². The molecule has 1 aliphatic carbocycles. The van der Waals surface area contributed by atoms with Gasteiger partial charge in [-0.25, -0.2) is 12.8 Å². The highest BCUT2D eigenvalue weighted by molar-refractivity contribution is 7.92. The van der Waals surface area contributed by atoms with Crippen molar-refractivity contribution in [2.45, 2.75) is 50.0 Å². The van der Waals surface area contributed by atoms with Gasteiger partial charge in [0, 0.05) is 17.3 Å². The van der Waals surface area contributed by atoms with Gasteiger partial charge in [-0.15, -0.1) is 0 Å². The van der Waals surface area contributed by atoms with Crippen LogP contribution >= 0.6 is 0 Å². The second-order valence-electron chi connectivity index (χ2n) is 6.90. The summed E-state index contributed by atoms with van der Waals surface area (Å²) in [5.41, 5.74) is 1.15. The summed E-state index contributed by atoms with van der Waals surface area (Å²) in [6.45, 7) is 1.54. The number of nitrogens with one attached hydrogen (secondary N) is 2. The van der Waals surface area contributed by atoms with E-state index in [0.29, 0.717) is 16.8 Å². The van der Waals surface area contributed by atoms with E-state index in [1.54, 1.807) is 24.3 Å². The molecule has 0 bridgehead atoms. The number of aryl methyl sites for hydroxylation is 1. The van der Waals surface area contributed by atoms with Gasteiger partial charge in [-0.2, -0.15) is 0 Å². The molecule has 0 unspecified atom stereocenters. The molecule has 7 heteroatoms. The first kappa shape index (κ1) is 19.4. The molecule has 0 atom stereocenters. The van der Waals surface area contributed by atoms with Gasteiger partial charge in [-0.3, -0.25) is 9.52 Å². The van der Waals surface area contributed by atoms with E-state index in [1.165, 1.54) is 25.5 Å². The molecule has 2 N–H and O–H groups in total. The van der Waals surface area contributed by atoms with Crippen LogP contribution in [0.2, 0.25) is 0 Å². The van der Waals surface area contributed by atoms with Gasteiger partial charge in [0.1, 0.15) is 5.82 Å². The molecule has 1 saturated carbocycles. The summed E-state index contributed by atoms with van der Waals surface area (Å²) in [6.07, 6.45) is 5.49. The molecule has 0 saturated heterocycles. The molecule has 0 spiro atoms. The number of hydrogen-bond acceptors (Lipinski definition) is 3. The molecular formula is C20H23FN2O3S. The van der Waals surface area contributed by atoms with E-state index in [4.69, 9.17) is 0 Å². The van der Waals surface area contributed by atoms with E-state index in [-0.39, 0.29) is 16.8 Å². The Morgan fingerprint density at radius 2 is 1.70 bits per heavy atom. The molecule has 0 aromatic heterocycles. The summed E-state index contributed by atoms with van der Waals surface area (Å²) in [5.74, 6) is -0.634. The van der Waals surface area contributed by atoms with Crippen LogP contribution in [0.15, 0.2) is 47.4 Å². The zero-order valence-corrected chi connectivity index (χ0v) is 16.0. The Hall–Kier alpha value is -2.41. The van der Waals surface area contributed by atoms with Crippen LogP contribution < -0.4 is 10.0 Å². The molecule has 5 nitrogen and oxygen atoms in total. The Kier molecular flexibility index (Phi) is 5.79. The zero-order chi connectivity index (χ0) is 19.4. The molecule has 0 heterocycles. The quantitative estimate of drug-likeness (QED) is 0.810. The minimum Gasteiger partial charge on any atom is -0.349 e. The van der Waals surface area contributed by atoms with Crippen molar-refractivity contribution in [1.29, 1.82) is 0 Å². The number of sulfonamides is 1. The number of hydrogen-bond donors (Lipinski definition) is 2. The predicted octanol–water partition coefficient (Wildman–Crippen LogP) is 4.00. The lowest BCUT2D eigenvalue weighted by molar-refractivity contribution is 0.0927. The summed E-state index contributed by atoms with van der Waals surface area (Å²) in [4.78, 5) is 12.3. The van der Waals surface area contributed by atoms with Crippen molar-refractivity contribution in [3.63, 3.8) is 0 Å². The lowest BCUT2D eigenvalue weighted by Crippen LogP contribution is -2.36. The van der Waals surface area contributed by atoms with E-state index in [2.05, 4.69) is 10.0 Å². The van der Waals surface area contributed by atoms with Crippen molar-refractivity contribution in [2.75, 3.05) is 4.72 Å². The van der Waals surface area contributed by atoms with Gasteiger partial charge >= 0.3 is 0 Å². The van der Waals surface area contributed by atoms with E-state index in [9.17, 15) is 17.6 Å². The van der Waals surface area contributed by atoms with Crippen molar-refractivity contribution in [3.8, 4) is 0 Å². The molecule has 1 fully saturated rings. The second kappa shape index (κ2) is 8.08. The third-order valence-corrected chi connectivity index (χ3v) is 6.31. The molecule has 0 aliphatic heterocycles. The van der Waals surface area contributed by atoms with Crippen LogP contribution in [0.3, 0.4) is 0 Å². The minimum atomic E-state index is -3.83. The van der Waals surface area contributed by atoms with E-state index in [1.807, 2.05) is 0 Å². The molecule has 2 aromatic rings. The highest BCUT2D eigenvalue weighted by atomic mass is 32.2. The van der Waals surface area contributed by atoms with E-state index < -0.39 is 15.8 Å². The minimum absolute atomic E-state index is 0.0167. The Balaban J connectivity index is 1.68. The third-order valence-electron chi connectivity index (χ3n) is 4.77. The molecule has 0 radical (unpaired) electrons. The first-order valence-corrected chi connectivity index (χ1v) is 10.5. The topological polar surface area (TPSA) is 75.3 Å². The molecule has 2 aromatic carbocycles. The van der Waals surface area contributed by atoms with Crippen molar-refractivity contribution in [2.24, 2.45) is 0 Å². The maximum Gasteiger partial charge on any atom is 0.262 e. The smallest absolute Gasteiger partial charge is 0.262 e. The van der Waals surface area contributed by atoms with Gasteiger partial charge in [0.2, 0.25) is 0 Å². The zero-order valence-electron chi connectivity index (χ0n) is 15.2. The van der Waals surface area contributed by atoms with Crippen molar-refractivity contribution >= 4 is 21.6 Å². The lowest BCUT2D eigenvalue weighted by atomic mass is 9.95. The van der Waals surface area contributed by atoms with Crippen LogP contribution in [-0.2, 0) is 10.0 Å². The standard InChI is InChI=1S/C20H23FN2O3S/c1-14-13-16(21)9-12-19(14)27(25,26)23-18-10-7-15(8-11-18)20(24)22-17-5-3-2-4-6-17/h7-13,17,23H,2-6H2,1H3,(H,22,24). The predicted molar refractivity (Wildman–Crippen MR) is 103 cm³/mol. The Morgan fingerprint density at radius 3 is 2.33 bits per heavy atom. The van der Waals surface area contributed by atoms with Gasteiger partial charge in [-0.05, 0) is 67.8 Å². The van der Waals surface area contributed by atoms with Gasteiger partial charge in [0.05, 0.1) is 4.90 Å². The Bertz CT molecular complexity index is 921. The SMILES string of the molecule is Cc1cc(F)ccc1S(=O)(=O)Nc1ccc(C(=O)NC2CCCCC2)cc1. The van der Waals surface area contributed by atoms with Gasteiger partial charge in [-0.1, -0.05) is 19.3 Å². The van der Waals surface area contributed by atoms with E-state index in [0.717, 1.165) is 31.7 Å². The Morgan fingerprint density at radius 1 is 1.04 bits per heavy atom. The van der Waals surface area contributed by atoms with Gasteiger partial charge in [0.15, 0.2) is 0 Å². The summed E-state index contributed by atoms with van der Waals surface area (Å²) in [5, 5.41) is 3.03. The number of carbonyl (C=O) groups excluding carboxylic acids is 1. The molecule has 3 rings (SSSR count). The fourth-order valence-corrected chi connectivity index (χ4v) is 4.62. The van der Waals surface area contributed by atoms with Gasteiger partial charge in [0.25, 0.3) is 15.9 Å². The summed E-state index contributed by atoms with van der Waals surface area (Å²) >= 11 is 0. The molecule has 27 heavy (non-hydrogen) atoms. The maximum absolute atomic E-state index is 13.2. The summed E-state index contributed by atoms with van der Waals surface area (Å²) < 4.78 is 40.7. The summed E-state index contributed by atoms with van der Waals surface area (Å²) in [7, 11) is -3.83.